The van der Waals surface area contributed by atoms with Gasteiger partial charge in [0.2, 0.25) is 0 Å². The maximum Gasteiger partial charge on any atom is 0.198 e. The Balaban J connectivity index is 0. The second kappa shape index (κ2) is 12.1. The fourth-order valence-corrected chi connectivity index (χ4v) is 1.000. The van der Waals surface area contributed by atoms with Gasteiger partial charge in [-0.05, 0) is 12.8 Å². The van der Waals surface area contributed by atoms with Crippen LogP contribution in [0.25, 0.3) is 0 Å². The van der Waals surface area contributed by atoms with E-state index < -0.39 is 0 Å². The summed E-state index contributed by atoms with van der Waals surface area (Å²) in [7, 11) is 0. The van der Waals surface area contributed by atoms with E-state index in [0.717, 1.165) is 38.8 Å². The van der Waals surface area contributed by atoms with Crippen LogP contribution in [0, 0.1) is 5.41 Å². The lowest BCUT2D eigenvalue weighted by Gasteiger charge is -2.10. The number of aliphatic imine (C=N–C) groups is 1. The minimum atomic E-state index is -0.0748. The molecule has 0 saturated heterocycles. The van der Waals surface area contributed by atoms with Crippen molar-refractivity contribution in [2.24, 2.45) is 10.7 Å². The Kier molecular flexibility index (Phi) is 13.2. The summed E-state index contributed by atoms with van der Waals surface area (Å²) in [4.78, 5) is 4.30. The van der Waals surface area contributed by atoms with Crippen molar-refractivity contribution >= 4 is 24.3 Å². The fraction of sp³-hybridized carbons (Fsp3) is 0.800. The number of halogens is 1. The van der Waals surface area contributed by atoms with E-state index in [1.807, 2.05) is 0 Å². The molecule has 0 aliphatic carbocycles. The Hall–Kier alpha value is -0.970. The zero-order valence-electron chi connectivity index (χ0n) is 10.2. The fourth-order valence-electron chi connectivity index (χ4n) is 1.000. The van der Waals surface area contributed by atoms with Gasteiger partial charge < -0.3 is 11.1 Å². The predicted molar refractivity (Wildman–Crippen MR) is 72.4 cm³/mol. The summed E-state index contributed by atoms with van der Waals surface area (Å²) in [5.41, 5.74) is 5.25. The SMILES string of the molecule is CCCCN=C(NCCCC)NC(=N)N.Cl. The molecule has 0 amide bonds. The van der Waals surface area contributed by atoms with Gasteiger partial charge in [-0.25, -0.2) is 0 Å². The third-order valence-electron chi connectivity index (χ3n) is 1.86. The molecule has 0 heterocycles. The Morgan fingerprint density at radius 2 is 1.88 bits per heavy atom. The van der Waals surface area contributed by atoms with E-state index in [9.17, 15) is 0 Å². The van der Waals surface area contributed by atoms with Gasteiger partial charge in [-0.3, -0.25) is 15.7 Å². The molecule has 0 aromatic heterocycles. The van der Waals surface area contributed by atoms with E-state index >= 15 is 0 Å². The largest absolute Gasteiger partial charge is 0.370 e. The molecule has 6 heteroatoms. The second-order valence-electron chi connectivity index (χ2n) is 3.40. The van der Waals surface area contributed by atoms with Crippen LogP contribution in [0.5, 0.6) is 0 Å². The topological polar surface area (TPSA) is 86.3 Å². The highest BCUT2D eigenvalue weighted by Gasteiger charge is 1.97. The molecule has 0 unspecified atom stereocenters. The third kappa shape index (κ3) is 11.1. The van der Waals surface area contributed by atoms with E-state index in [1.165, 1.54) is 0 Å². The van der Waals surface area contributed by atoms with Crippen molar-refractivity contribution in [2.75, 3.05) is 13.1 Å². The molecule has 0 aliphatic rings. The number of nitrogens with one attached hydrogen (secondary N) is 3. The smallest absolute Gasteiger partial charge is 0.198 e. The molecule has 0 aromatic rings. The van der Waals surface area contributed by atoms with Gasteiger partial charge in [-0.1, -0.05) is 26.7 Å². The van der Waals surface area contributed by atoms with E-state index in [2.05, 4.69) is 29.5 Å². The molecule has 0 spiro atoms. The summed E-state index contributed by atoms with van der Waals surface area (Å²) >= 11 is 0. The van der Waals surface area contributed by atoms with Gasteiger partial charge in [-0.15, -0.1) is 12.4 Å². The van der Waals surface area contributed by atoms with Crippen LogP contribution in [-0.4, -0.2) is 25.0 Å². The number of hydrogen-bond donors (Lipinski definition) is 4. The summed E-state index contributed by atoms with van der Waals surface area (Å²) in [6.45, 7) is 5.89. The van der Waals surface area contributed by atoms with Crippen molar-refractivity contribution in [1.29, 1.82) is 5.41 Å². The Morgan fingerprint density at radius 1 is 1.25 bits per heavy atom. The van der Waals surface area contributed by atoms with Crippen LogP contribution in [-0.2, 0) is 0 Å². The predicted octanol–water partition coefficient (Wildman–Crippen LogP) is 1.44. The van der Waals surface area contributed by atoms with Crippen LogP contribution < -0.4 is 16.4 Å². The molecule has 0 atom stereocenters. The molecule has 5 nitrogen and oxygen atoms in total. The highest BCUT2D eigenvalue weighted by molar-refractivity contribution is 5.96. The van der Waals surface area contributed by atoms with Gasteiger partial charge in [0, 0.05) is 13.1 Å². The standard InChI is InChI=1S/C10H23N5.ClH/c1-3-5-7-13-10(15-9(11)12)14-8-6-4-2;/h3-8H2,1-2H3,(H5,11,12,13,14,15);1H. The number of hydrogen-bond acceptors (Lipinski definition) is 2. The third-order valence-corrected chi connectivity index (χ3v) is 1.86. The minimum absolute atomic E-state index is 0. The van der Waals surface area contributed by atoms with Gasteiger partial charge >= 0.3 is 0 Å². The number of guanidine groups is 2. The average Bonchev–Trinajstić information content (AvgIpc) is 2.17. The number of rotatable bonds is 6. The zero-order chi connectivity index (χ0) is 11.5. The van der Waals surface area contributed by atoms with E-state index in [-0.39, 0.29) is 18.4 Å². The van der Waals surface area contributed by atoms with Crippen LogP contribution in [0.2, 0.25) is 0 Å². The van der Waals surface area contributed by atoms with Gasteiger partial charge in [-0.2, -0.15) is 0 Å². The van der Waals surface area contributed by atoms with Crippen molar-refractivity contribution in [2.45, 2.75) is 39.5 Å². The Bertz CT molecular complexity index is 205. The van der Waals surface area contributed by atoms with Gasteiger partial charge in [0.1, 0.15) is 0 Å². The second-order valence-corrected chi connectivity index (χ2v) is 3.40. The molecule has 0 saturated carbocycles. The zero-order valence-corrected chi connectivity index (χ0v) is 11.0. The van der Waals surface area contributed by atoms with Crippen LogP contribution in [0.15, 0.2) is 4.99 Å². The number of nitrogens with zero attached hydrogens (tertiary/aromatic N) is 1. The highest BCUT2D eigenvalue weighted by atomic mass is 35.5. The number of unbranched alkanes of at least 4 members (excludes halogenated alkanes) is 2. The van der Waals surface area contributed by atoms with Crippen molar-refractivity contribution in [3.63, 3.8) is 0 Å². The molecule has 0 aliphatic heterocycles. The molecule has 0 aromatic carbocycles. The van der Waals surface area contributed by atoms with E-state index in [4.69, 9.17) is 11.1 Å². The maximum absolute atomic E-state index is 7.13. The van der Waals surface area contributed by atoms with Crippen LogP contribution >= 0.6 is 12.4 Å². The molecule has 5 N–H and O–H groups in total. The molecule has 0 bridgehead atoms. The monoisotopic (exact) mass is 249 g/mol. The summed E-state index contributed by atoms with van der Waals surface area (Å²) in [6.07, 6.45) is 4.39. The first-order valence-electron chi connectivity index (χ1n) is 5.60. The lowest BCUT2D eigenvalue weighted by Crippen LogP contribution is -2.44. The Labute approximate surface area is 104 Å². The van der Waals surface area contributed by atoms with Crippen molar-refractivity contribution in [3.8, 4) is 0 Å². The van der Waals surface area contributed by atoms with Gasteiger partial charge in [0.25, 0.3) is 0 Å². The summed E-state index contributed by atoms with van der Waals surface area (Å²) in [5.74, 6) is 0.540. The highest BCUT2D eigenvalue weighted by Crippen LogP contribution is 1.87. The summed E-state index contributed by atoms with van der Waals surface area (Å²) in [5, 5.41) is 13.0. The number of nitrogens with two attached hydrogens (primary N) is 1. The molecule has 0 fully saturated rings. The van der Waals surface area contributed by atoms with Crippen LogP contribution in [0.3, 0.4) is 0 Å². The lowest BCUT2D eigenvalue weighted by molar-refractivity contribution is 0.736. The average molecular weight is 250 g/mol. The molecular formula is C10H24ClN5. The van der Waals surface area contributed by atoms with Crippen LogP contribution in [0.4, 0.5) is 0 Å². The van der Waals surface area contributed by atoms with Crippen molar-refractivity contribution in [1.82, 2.24) is 10.6 Å². The quantitative estimate of drug-likeness (QED) is 0.326. The molecule has 96 valence electrons. The first-order valence-corrected chi connectivity index (χ1v) is 5.60. The van der Waals surface area contributed by atoms with E-state index in [1.54, 1.807) is 0 Å². The van der Waals surface area contributed by atoms with Gasteiger partial charge in [0.15, 0.2) is 11.9 Å². The minimum Gasteiger partial charge on any atom is -0.370 e. The maximum atomic E-state index is 7.13. The lowest BCUT2D eigenvalue weighted by atomic mass is 10.3. The van der Waals surface area contributed by atoms with E-state index in [0.29, 0.717) is 5.96 Å². The van der Waals surface area contributed by atoms with Crippen LogP contribution in [0.1, 0.15) is 39.5 Å². The summed E-state index contributed by atoms with van der Waals surface area (Å²) < 4.78 is 0. The summed E-state index contributed by atoms with van der Waals surface area (Å²) in [6, 6.07) is 0. The van der Waals surface area contributed by atoms with Crippen molar-refractivity contribution in [3.05, 3.63) is 0 Å². The van der Waals surface area contributed by atoms with Crippen molar-refractivity contribution < 1.29 is 0 Å². The molecule has 16 heavy (non-hydrogen) atoms. The molecule has 0 radical (unpaired) electrons. The van der Waals surface area contributed by atoms with Gasteiger partial charge in [0.05, 0.1) is 0 Å². The Morgan fingerprint density at radius 3 is 2.38 bits per heavy atom. The molecule has 0 rings (SSSR count). The normalized spacial score (nSPS) is 10.5. The first-order chi connectivity index (χ1) is 7.20. The first kappa shape index (κ1) is 17.4. The molecular weight excluding hydrogens is 226 g/mol.